The van der Waals surface area contributed by atoms with Crippen LogP contribution in [0, 0.1) is 18.3 Å². The Kier molecular flexibility index (Phi) is 6.16. The van der Waals surface area contributed by atoms with Crippen molar-refractivity contribution in [2.75, 3.05) is 5.75 Å². The van der Waals surface area contributed by atoms with Crippen molar-refractivity contribution < 1.29 is 4.21 Å². The first-order chi connectivity index (χ1) is 13.1. The first-order valence-corrected chi connectivity index (χ1v) is 10.4. The molecule has 0 saturated carbocycles. The average molecular weight is 375 g/mol. The lowest BCUT2D eigenvalue weighted by Crippen LogP contribution is -2.06. The van der Waals surface area contributed by atoms with Crippen molar-refractivity contribution in [1.29, 1.82) is 5.26 Å². The molecule has 0 spiro atoms. The summed E-state index contributed by atoms with van der Waals surface area (Å²) in [5.41, 5.74) is 4.99. The van der Waals surface area contributed by atoms with Gasteiger partial charge in [-0.2, -0.15) is 5.26 Å². The number of aryl methyl sites for hydroxylation is 1. The zero-order valence-corrected chi connectivity index (χ0v) is 16.4. The number of hydrogen-bond acceptors (Lipinski definition) is 3. The summed E-state index contributed by atoms with van der Waals surface area (Å²) in [6.07, 6.45) is 1.80. The summed E-state index contributed by atoms with van der Waals surface area (Å²) in [6, 6.07) is 22.0. The van der Waals surface area contributed by atoms with Crippen molar-refractivity contribution >= 4 is 10.8 Å². The molecule has 4 heteroatoms. The summed E-state index contributed by atoms with van der Waals surface area (Å²) in [4.78, 5) is 4.66. The number of aromatic nitrogens is 1. The predicted octanol–water partition coefficient (Wildman–Crippen LogP) is 5.50. The van der Waals surface area contributed by atoms with E-state index >= 15 is 0 Å². The molecule has 0 aliphatic rings. The number of rotatable bonds is 6. The smallest absolute Gasteiger partial charge is 0.146 e. The Morgan fingerprint density at radius 3 is 2.37 bits per heavy atom. The van der Waals surface area contributed by atoms with E-state index in [4.69, 9.17) is 0 Å². The Hall–Kier alpha value is -2.77. The van der Waals surface area contributed by atoms with Crippen LogP contribution in [0.25, 0.3) is 22.4 Å². The third kappa shape index (κ3) is 4.32. The van der Waals surface area contributed by atoms with Crippen molar-refractivity contribution in [2.24, 2.45) is 0 Å². The fourth-order valence-corrected chi connectivity index (χ4v) is 4.21. The summed E-state index contributed by atoms with van der Waals surface area (Å²) in [5.74, 6) is 0.518. The molecular weight excluding hydrogens is 352 g/mol. The van der Waals surface area contributed by atoms with E-state index in [0.29, 0.717) is 16.3 Å². The molecule has 0 saturated heterocycles. The highest BCUT2D eigenvalue weighted by molar-refractivity contribution is 7.85. The van der Waals surface area contributed by atoms with E-state index in [1.165, 1.54) is 5.56 Å². The number of nitriles is 1. The van der Waals surface area contributed by atoms with Crippen LogP contribution in [0.5, 0.6) is 0 Å². The molecule has 3 rings (SSSR count). The Bertz CT molecular complexity index is 989. The third-order valence-electron chi connectivity index (χ3n) is 4.43. The van der Waals surface area contributed by atoms with Gasteiger partial charge in [0.15, 0.2) is 0 Å². The van der Waals surface area contributed by atoms with Gasteiger partial charge in [-0.15, -0.1) is 0 Å². The largest absolute Gasteiger partial charge is 0.253 e. The number of pyridine rings is 1. The van der Waals surface area contributed by atoms with Crippen LogP contribution in [0.15, 0.2) is 65.7 Å². The zero-order valence-electron chi connectivity index (χ0n) is 15.6. The molecule has 0 amide bonds. The normalized spacial score (nSPS) is 11.7. The molecular formula is C23H22N2OS. The summed E-state index contributed by atoms with van der Waals surface area (Å²) < 4.78 is 12.9. The Balaban J connectivity index is 2.22. The van der Waals surface area contributed by atoms with Gasteiger partial charge in [0, 0.05) is 16.9 Å². The summed E-state index contributed by atoms with van der Waals surface area (Å²) in [7, 11) is -1.30. The van der Waals surface area contributed by atoms with Gasteiger partial charge in [0.25, 0.3) is 0 Å². The quantitative estimate of drug-likeness (QED) is 0.572. The first kappa shape index (κ1) is 19.0. The fraction of sp³-hybridized carbons (Fsp3) is 0.217. The molecule has 0 unspecified atom stereocenters. The average Bonchev–Trinajstić information content (AvgIpc) is 2.72. The maximum atomic E-state index is 12.9. The van der Waals surface area contributed by atoms with Crippen molar-refractivity contribution in [3.05, 3.63) is 71.8 Å². The molecule has 0 aliphatic carbocycles. The molecule has 3 aromatic rings. The van der Waals surface area contributed by atoms with Gasteiger partial charge < -0.3 is 0 Å². The Labute approximate surface area is 163 Å². The van der Waals surface area contributed by atoms with E-state index in [2.05, 4.69) is 18.0 Å². The predicted molar refractivity (Wildman–Crippen MR) is 111 cm³/mol. The van der Waals surface area contributed by atoms with Crippen LogP contribution < -0.4 is 0 Å². The molecule has 1 heterocycles. The second-order valence-corrected chi connectivity index (χ2v) is 7.97. The van der Waals surface area contributed by atoms with Gasteiger partial charge >= 0.3 is 0 Å². The topological polar surface area (TPSA) is 53.8 Å². The van der Waals surface area contributed by atoms with Crippen molar-refractivity contribution in [3.63, 3.8) is 0 Å². The molecule has 27 heavy (non-hydrogen) atoms. The summed E-state index contributed by atoms with van der Waals surface area (Å²) in [5, 5.41) is 10.2. The highest BCUT2D eigenvalue weighted by Gasteiger charge is 2.19. The van der Waals surface area contributed by atoms with E-state index in [0.717, 1.165) is 35.2 Å². The lowest BCUT2D eigenvalue weighted by molar-refractivity contribution is 0.676. The van der Waals surface area contributed by atoms with Crippen LogP contribution in [-0.4, -0.2) is 14.9 Å². The maximum Gasteiger partial charge on any atom is 0.146 e. The van der Waals surface area contributed by atoms with Crippen molar-refractivity contribution in [3.8, 4) is 28.5 Å². The highest BCUT2D eigenvalue weighted by atomic mass is 32.2. The van der Waals surface area contributed by atoms with Crippen LogP contribution in [-0.2, 0) is 10.8 Å². The second kappa shape index (κ2) is 8.75. The monoisotopic (exact) mass is 374 g/mol. The molecule has 1 aromatic heterocycles. The first-order valence-electron chi connectivity index (χ1n) is 9.10. The molecule has 2 aromatic carbocycles. The van der Waals surface area contributed by atoms with Gasteiger partial charge in [0.1, 0.15) is 11.1 Å². The maximum absolute atomic E-state index is 12.9. The number of hydrogen-bond donors (Lipinski definition) is 0. The van der Waals surface area contributed by atoms with Crippen molar-refractivity contribution in [1.82, 2.24) is 4.98 Å². The molecule has 3 nitrogen and oxygen atoms in total. The highest BCUT2D eigenvalue weighted by Crippen LogP contribution is 2.31. The minimum absolute atomic E-state index is 0.392. The van der Waals surface area contributed by atoms with E-state index in [1.807, 2.05) is 67.6 Å². The minimum Gasteiger partial charge on any atom is -0.253 e. The van der Waals surface area contributed by atoms with Gasteiger partial charge in [-0.25, -0.2) is 4.98 Å². The molecule has 0 aliphatic heterocycles. The molecule has 136 valence electrons. The van der Waals surface area contributed by atoms with Gasteiger partial charge in [-0.05, 0) is 25.0 Å². The van der Waals surface area contributed by atoms with Crippen molar-refractivity contribution in [2.45, 2.75) is 31.7 Å². The third-order valence-corrected chi connectivity index (χ3v) is 5.82. The SMILES string of the molecule is CCCC[S@](=O)c1nc(-c2ccc(C)cc2)cc(-c2ccccc2)c1C#N. The van der Waals surface area contributed by atoms with Gasteiger partial charge in [0.05, 0.1) is 22.1 Å². The van der Waals surface area contributed by atoms with Crippen LogP contribution in [0.3, 0.4) is 0 Å². The van der Waals surface area contributed by atoms with E-state index < -0.39 is 10.8 Å². The second-order valence-electron chi connectivity index (χ2n) is 6.48. The number of unbranched alkanes of at least 4 members (excludes halogenated alkanes) is 1. The molecule has 0 fully saturated rings. The van der Waals surface area contributed by atoms with Crippen LogP contribution in [0.1, 0.15) is 30.9 Å². The van der Waals surface area contributed by atoms with E-state index in [-0.39, 0.29) is 0 Å². The summed E-state index contributed by atoms with van der Waals surface area (Å²) >= 11 is 0. The lowest BCUT2D eigenvalue weighted by atomic mass is 9.99. The Morgan fingerprint density at radius 2 is 1.74 bits per heavy atom. The van der Waals surface area contributed by atoms with Gasteiger partial charge in [0.2, 0.25) is 0 Å². The summed E-state index contributed by atoms with van der Waals surface area (Å²) in [6.45, 7) is 4.10. The lowest BCUT2D eigenvalue weighted by Gasteiger charge is -2.13. The van der Waals surface area contributed by atoms with Crippen LogP contribution in [0.4, 0.5) is 0 Å². The van der Waals surface area contributed by atoms with E-state index in [9.17, 15) is 9.47 Å². The number of benzene rings is 2. The molecule has 0 N–H and O–H groups in total. The molecule has 0 bridgehead atoms. The van der Waals surface area contributed by atoms with Gasteiger partial charge in [-0.3, -0.25) is 4.21 Å². The number of nitrogens with zero attached hydrogens (tertiary/aromatic N) is 2. The van der Waals surface area contributed by atoms with Crippen LogP contribution >= 0.6 is 0 Å². The van der Waals surface area contributed by atoms with Gasteiger partial charge in [-0.1, -0.05) is 73.5 Å². The van der Waals surface area contributed by atoms with E-state index in [1.54, 1.807) is 0 Å². The standard InChI is InChI=1S/C23H22N2OS/c1-3-4-14-27(26)23-21(16-24)20(18-8-6-5-7-9-18)15-22(25-23)19-12-10-17(2)11-13-19/h5-13,15H,3-4,14H2,1-2H3/t27-/m0/s1. The minimum atomic E-state index is -1.30. The zero-order chi connectivity index (χ0) is 19.2. The molecule has 0 radical (unpaired) electrons. The Morgan fingerprint density at radius 1 is 1.04 bits per heavy atom. The van der Waals surface area contributed by atoms with Crippen LogP contribution in [0.2, 0.25) is 0 Å². The fourth-order valence-electron chi connectivity index (χ4n) is 2.88. The molecule has 1 atom stereocenters.